The van der Waals surface area contributed by atoms with Crippen LogP contribution in [0.1, 0.15) is 55.4 Å². The zero-order valence-electron chi connectivity index (χ0n) is 12.4. The third-order valence-corrected chi connectivity index (χ3v) is 6.02. The van der Waals surface area contributed by atoms with Crippen LogP contribution in [0.15, 0.2) is 0 Å². The zero-order valence-corrected chi connectivity index (χ0v) is 14.1. The Morgan fingerprint density at radius 1 is 0.765 bits per heavy atom. The van der Waals surface area contributed by atoms with Gasteiger partial charge in [0.1, 0.15) is 0 Å². The monoisotopic (exact) mass is 280 g/mol. The van der Waals surface area contributed by atoms with Crippen LogP contribution in [0.25, 0.3) is 0 Å². The van der Waals surface area contributed by atoms with Crippen LogP contribution >= 0.6 is 12.2 Å². The largest absolute Gasteiger partial charge is 0.228 e. The van der Waals surface area contributed by atoms with E-state index in [1.807, 2.05) is 0 Å². The Morgan fingerprint density at radius 2 is 1.00 bits per heavy atom. The van der Waals surface area contributed by atoms with Gasteiger partial charge in [-0.15, -0.1) is 0 Å². The maximum Gasteiger partial charge on any atom is 0.154 e. The van der Waals surface area contributed by atoms with Gasteiger partial charge in [-0.1, -0.05) is 39.9 Å². The minimum atomic E-state index is -2.81. The molecule has 0 atom stereocenters. The summed E-state index contributed by atoms with van der Waals surface area (Å²) in [5.41, 5.74) is 0. The van der Waals surface area contributed by atoms with Crippen LogP contribution in [-0.4, -0.2) is 23.8 Å². The van der Waals surface area contributed by atoms with Gasteiger partial charge < -0.3 is 0 Å². The second-order valence-corrected chi connectivity index (χ2v) is 8.93. The zero-order chi connectivity index (χ0) is 14.4. The molecule has 0 aliphatic carbocycles. The van der Waals surface area contributed by atoms with Crippen molar-refractivity contribution in [2.24, 2.45) is 11.8 Å². The highest BCUT2D eigenvalue weighted by molar-refractivity contribution is 7.92. The van der Waals surface area contributed by atoms with E-state index in [-0.39, 0.29) is 10.5 Å². The normalized spacial score (nSPS) is 12.0. The fourth-order valence-electron chi connectivity index (χ4n) is 1.21. The van der Waals surface area contributed by atoms with Crippen LogP contribution < -0.4 is 0 Å². The second-order valence-electron chi connectivity index (χ2n) is 5.40. The quantitative estimate of drug-likeness (QED) is 0.733. The van der Waals surface area contributed by atoms with Crippen molar-refractivity contribution in [1.82, 2.24) is 0 Å². The second kappa shape index (κ2) is 8.20. The number of rotatable bonds is 4. The summed E-state index contributed by atoms with van der Waals surface area (Å²) in [6.07, 6.45) is 0. The first-order chi connectivity index (χ1) is 7.44. The minimum absolute atomic E-state index is 0.238. The highest BCUT2D eigenvalue weighted by Crippen LogP contribution is 2.07. The van der Waals surface area contributed by atoms with E-state index in [0.29, 0.717) is 11.8 Å². The van der Waals surface area contributed by atoms with E-state index in [1.165, 1.54) is 4.86 Å². The molecule has 0 rings (SSSR count). The molecule has 0 fully saturated rings. The van der Waals surface area contributed by atoms with Crippen molar-refractivity contribution in [3.05, 3.63) is 0 Å². The predicted octanol–water partition coefficient (Wildman–Crippen LogP) is 3.89. The Labute approximate surface area is 113 Å². The van der Waals surface area contributed by atoms with Gasteiger partial charge in [-0.25, -0.2) is 8.42 Å². The molecule has 0 N–H and O–H groups in total. The molecule has 0 heterocycles. The lowest BCUT2D eigenvalue weighted by Gasteiger charge is -2.09. The van der Waals surface area contributed by atoms with E-state index >= 15 is 0 Å². The van der Waals surface area contributed by atoms with E-state index in [0.717, 1.165) is 0 Å². The van der Waals surface area contributed by atoms with Crippen molar-refractivity contribution in [2.75, 3.05) is 0 Å². The van der Waals surface area contributed by atoms with Gasteiger partial charge in [0.05, 0.1) is 10.5 Å². The van der Waals surface area contributed by atoms with Gasteiger partial charge in [0, 0.05) is 0 Å². The van der Waals surface area contributed by atoms with Crippen molar-refractivity contribution >= 4 is 26.9 Å². The average Bonchev–Trinajstić information content (AvgIpc) is 2.16. The van der Waals surface area contributed by atoms with Crippen molar-refractivity contribution in [1.29, 1.82) is 0 Å². The van der Waals surface area contributed by atoms with Crippen LogP contribution in [0, 0.1) is 11.8 Å². The Hall–Kier alpha value is 0.0400. The first-order valence-corrected chi connectivity index (χ1v) is 8.22. The number of thiocarbonyl (C=S) groups is 1. The molecule has 2 nitrogen and oxygen atoms in total. The van der Waals surface area contributed by atoms with E-state index < -0.39 is 9.84 Å². The maximum absolute atomic E-state index is 11.0. The summed E-state index contributed by atoms with van der Waals surface area (Å²) in [5.74, 6) is 1.15. The Morgan fingerprint density at radius 3 is 1.00 bits per heavy atom. The summed E-state index contributed by atoms with van der Waals surface area (Å²) in [6, 6.07) is 0. The van der Waals surface area contributed by atoms with Gasteiger partial charge in [0.2, 0.25) is 0 Å². The van der Waals surface area contributed by atoms with Crippen molar-refractivity contribution in [3.63, 3.8) is 0 Å². The van der Waals surface area contributed by atoms with Gasteiger partial charge in [0.15, 0.2) is 9.84 Å². The number of hydrogen-bond acceptors (Lipinski definition) is 3. The summed E-state index contributed by atoms with van der Waals surface area (Å²) < 4.78 is 22.1. The van der Waals surface area contributed by atoms with Gasteiger partial charge in [0.25, 0.3) is 0 Å². The molecule has 0 unspecified atom stereocenters. The standard InChI is InChI=1S/C7H14S.C6H14O2S/c1-5(2)7(8)6(3)4;1-5(2)9(7,8)6(3)4/h5-6H,1-4H3;5-6H,1-4H3. The fourth-order valence-corrected chi connectivity index (χ4v) is 2.30. The van der Waals surface area contributed by atoms with Crippen LogP contribution in [0.2, 0.25) is 0 Å². The Bertz CT molecular complexity index is 288. The number of sulfone groups is 1. The summed E-state index contributed by atoms with van der Waals surface area (Å²) in [6.45, 7) is 15.4. The first kappa shape index (κ1) is 19.4. The van der Waals surface area contributed by atoms with Gasteiger partial charge in [-0.05, 0) is 44.4 Å². The van der Waals surface area contributed by atoms with Crippen molar-refractivity contribution in [3.8, 4) is 0 Å². The molecule has 17 heavy (non-hydrogen) atoms. The molecule has 0 saturated heterocycles. The van der Waals surface area contributed by atoms with Gasteiger partial charge in [-0.3, -0.25) is 0 Å². The summed E-state index contributed by atoms with van der Waals surface area (Å²) in [4.78, 5) is 1.19. The maximum atomic E-state index is 11.0. The topological polar surface area (TPSA) is 34.1 Å². The molecule has 0 amide bonds. The Kier molecular flexibility index (Phi) is 9.34. The van der Waals surface area contributed by atoms with Gasteiger partial charge in [-0.2, -0.15) is 0 Å². The van der Waals surface area contributed by atoms with Crippen molar-refractivity contribution < 1.29 is 8.42 Å². The molecular formula is C13H28O2S2. The highest BCUT2D eigenvalue weighted by atomic mass is 32.2. The lowest BCUT2D eigenvalue weighted by molar-refractivity contribution is 0.578. The lowest BCUT2D eigenvalue weighted by atomic mass is 10.0. The molecule has 0 aromatic carbocycles. The van der Waals surface area contributed by atoms with E-state index in [2.05, 4.69) is 27.7 Å². The summed E-state index contributed by atoms with van der Waals surface area (Å²) in [7, 11) is -2.81. The van der Waals surface area contributed by atoms with Crippen LogP contribution in [0.5, 0.6) is 0 Å². The molecule has 0 aromatic rings. The third kappa shape index (κ3) is 7.87. The molecule has 0 aliphatic rings. The average molecular weight is 280 g/mol. The first-order valence-electron chi connectivity index (χ1n) is 6.21. The summed E-state index contributed by atoms with van der Waals surface area (Å²) >= 11 is 5.10. The molecular weight excluding hydrogens is 252 g/mol. The summed E-state index contributed by atoms with van der Waals surface area (Å²) in [5, 5.41) is -0.477. The van der Waals surface area contributed by atoms with E-state index in [9.17, 15) is 8.42 Å². The van der Waals surface area contributed by atoms with Gasteiger partial charge >= 0.3 is 0 Å². The van der Waals surface area contributed by atoms with E-state index in [4.69, 9.17) is 12.2 Å². The third-order valence-electron chi connectivity index (χ3n) is 2.45. The molecule has 0 aromatic heterocycles. The molecule has 0 spiro atoms. The Balaban J connectivity index is 0. The van der Waals surface area contributed by atoms with Crippen LogP contribution in [-0.2, 0) is 9.84 Å². The molecule has 0 aliphatic heterocycles. The van der Waals surface area contributed by atoms with Crippen LogP contribution in [0.3, 0.4) is 0 Å². The molecule has 104 valence electrons. The van der Waals surface area contributed by atoms with Crippen molar-refractivity contribution in [2.45, 2.75) is 65.9 Å². The SMILES string of the molecule is CC(C)C(=S)C(C)C.CC(C)S(=O)(=O)C(C)C. The molecule has 0 saturated carbocycles. The minimum Gasteiger partial charge on any atom is -0.228 e. The molecule has 0 radical (unpaired) electrons. The lowest BCUT2D eigenvalue weighted by Crippen LogP contribution is -2.23. The smallest absolute Gasteiger partial charge is 0.154 e. The number of hydrogen-bond donors (Lipinski definition) is 0. The van der Waals surface area contributed by atoms with Crippen LogP contribution in [0.4, 0.5) is 0 Å². The highest BCUT2D eigenvalue weighted by Gasteiger charge is 2.19. The van der Waals surface area contributed by atoms with E-state index in [1.54, 1.807) is 27.7 Å². The molecule has 0 bridgehead atoms. The fraction of sp³-hybridized carbons (Fsp3) is 0.923. The molecule has 4 heteroatoms. The predicted molar refractivity (Wildman–Crippen MR) is 81.5 cm³/mol.